The van der Waals surface area contributed by atoms with E-state index in [2.05, 4.69) is 30.6 Å². The summed E-state index contributed by atoms with van der Waals surface area (Å²) >= 11 is 1.33. The number of amides is 1. The fraction of sp³-hybridized carbons (Fsp3) is 0.296. The van der Waals surface area contributed by atoms with Crippen molar-refractivity contribution in [2.24, 2.45) is 5.92 Å². The van der Waals surface area contributed by atoms with Crippen LogP contribution in [0.1, 0.15) is 41.9 Å². The number of pyridine rings is 1. The summed E-state index contributed by atoms with van der Waals surface area (Å²) in [6, 6.07) is 9.21. The molecule has 0 saturated heterocycles. The largest absolute Gasteiger partial charge is 0.493 e. The molecular weight excluding hydrogens is 545 g/mol. The van der Waals surface area contributed by atoms with Crippen molar-refractivity contribution in [1.82, 2.24) is 19.9 Å². The molecule has 1 aliphatic rings. The quantitative estimate of drug-likeness (QED) is 0.229. The van der Waals surface area contributed by atoms with Gasteiger partial charge in [-0.1, -0.05) is 6.07 Å². The van der Waals surface area contributed by atoms with Crippen molar-refractivity contribution in [3.63, 3.8) is 0 Å². The van der Waals surface area contributed by atoms with Gasteiger partial charge in [-0.25, -0.2) is 19.9 Å². The van der Waals surface area contributed by atoms with Crippen LogP contribution in [-0.2, 0) is 16.6 Å². The molecule has 4 aromatic rings. The highest BCUT2D eigenvalue weighted by molar-refractivity contribution is 7.15. The van der Waals surface area contributed by atoms with Gasteiger partial charge in [0.15, 0.2) is 0 Å². The third-order valence-corrected chi connectivity index (χ3v) is 7.91. The minimum Gasteiger partial charge on any atom is -0.493 e. The molecule has 3 aromatic heterocycles. The van der Waals surface area contributed by atoms with E-state index in [4.69, 9.17) is 0 Å². The van der Waals surface area contributed by atoms with E-state index in [9.17, 15) is 28.2 Å². The summed E-state index contributed by atoms with van der Waals surface area (Å²) in [7, 11) is 0. The molecule has 40 heavy (non-hydrogen) atoms. The van der Waals surface area contributed by atoms with Gasteiger partial charge < -0.3 is 20.8 Å². The van der Waals surface area contributed by atoms with E-state index in [1.54, 1.807) is 24.4 Å². The average Bonchev–Trinajstić information content (AvgIpc) is 3.41. The van der Waals surface area contributed by atoms with Gasteiger partial charge in [0.2, 0.25) is 17.7 Å². The van der Waals surface area contributed by atoms with E-state index < -0.39 is 17.5 Å². The van der Waals surface area contributed by atoms with E-state index in [1.807, 2.05) is 13.0 Å². The third kappa shape index (κ3) is 6.20. The van der Waals surface area contributed by atoms with Gasteiger partial charge in [0.05, 0.1) is 16.8 Å². The Labute approximate surface area is 231 Å². The van der Waals surface area contributed by atoms with Crippen molar-refractivity contribution < 1.29 is 28.2 Å². The van der Waals surface area contributed by atoms with Crippen molar-refractivity contribution in [2.75, 3.05) is 10.6 Å². The molecule has 5 rings (SSSR count). The van der Waals surface area contributed by atoms with Gasteiger partial charge in [-0.3, -0.25) is 4.79 Å². The average molecular weight is 571 g/mol. The molecule has 1 saturated carbocycles. The molecule has 9 nitrogen and oxygen atoms in total. The van der Waals surface area contributed by atoms with Crippen LogP contribution in [0.3, 0.4) is 0 Å². The van der Waals surface area contributed by atoms with Crippen LogP contribution in [0.4, 0.5) is 30.5 Å². The molecule has 1 aromatic carbocycles. The van der Waals surface area contributed by atoms with Crippen LogP contribution in [-0.4, -0.2) is 36.1 Å². The van der Waals surface area contributed by atoms with Crippen LogP contribution < -0.4 is 10.6 Å². The Balaban J connectivity index is 1.27. The number of anilines is 3. The summed E-state index contributed by atoms with van der Waals surface area (Å²) in [4.78, 5) is 29.2. The summed E-state index contributed by atoms with van der Waals surface area (Å²) < 4.78 is 39.1. The molecule has 13 heteroatoms. The standard InChI is InChI=1S/C27H25F3N6O3S/c1-15-10-17(12-19(11-15)35-25-31-9-6-21(36-25)27(28,29)30)20-14-33-24(40-20)26(39)7-4-16(5-8-26)23(38)34-18-2-3-22(37)32-13-18/h2-3,6,9-14,16,39H,4-5,7-8H2,1H3,(H,32,37)(H,34,38)(H,31,35,36). The van der Waals surface area contributed by atoms with E-state index in [0.717, 1.165) is 28.3 Å². The highest BCUT2D eigenvalue weighted by Gasteiger charge is 2.39. The molecule has 3 heterocycles. The molecular formula is C27H25F3N6O3S. The predicted octanol–water partition coefficient (Wildman–Crippen LogP) is 5.79. The number of alkyl halides is 3. The van der Waals surface area contributed by atoms with Crippen molar-refractivity contribution >= 4 is 34.6 Å². The molecule has 0 atom stereocenters. The third-order valence-electron chi connectivity index (χ3n) is 6.67. The van der Waals surface area contributed by atoms with Crippen LogP contribution in [0.2, 0.25) is 0 Å². The Kier molecular flexibility index (Phi) is 7.43. The van der Waals surface area contributed by atoms with E-state index >= 15 is 0 Å². The number of aliphatic hydroxyl groups is 1. The van der Waals surface area contributed by atoms with Crippen molar-refractivity contribution in [2.45, 2.75) is 44.4 Å². The molecule has 0 bridgehead atoms. The van der Waals surface area contributed by atoms with Gasteiger partial charge in [-0.2, -0.15) is 13.2 Å². The minimum atomic E-state index is -4.58. The van der Waals surface area contributed by atoms with E-state index in [1.165, 1.54) is 23.6 Å². The van der Waals surface area contributed by atoms with Gasteiger partial charge in [0, 0.05) is 30.1 Å². The highest BCUT2D eigenvalue weighted by atomic mass is 32.1. The number of nitrogens with zero attached hydrogens (tertiary/aromatic N) is 4. The fourth-order valence-corrected chi connectivity index (χ4v) is 5.65. The first-order chi connectivity index (χ1) is 19.0. The molecule has 0 radical (unpaired) electrons. The summed E-state index contributed by atoms with van der Waals surface area (Å²) in [5.41, 5.74) is 0.422. The second kappa shape index (κ2) is 10.8. The lowest BCUT2D eigenvalue weighted by molar-refractivity contribution is -0.141. The van der Waals surface area contributed by atoms with Gasteiger partial charge in [0.1, 0.15) is 16.3 Å². The lowest BCUT2D eigenvalue weighted by Gasteiger charge is -2.33. The summed E-state index contributed by atoms with van der Waals surface area (Å²) in [6.07, 6.45) is 1.17. The number of aryl methyl sites for hydroxylation is 1. The number of halogens is 3. The summed E-state index contributed by atoms with van der Waals surface area (Å²) in [5, 5.41) is 26.9. The monoisotopic (exact) mass is 570 g/mol. The first kappa shape index (κ1) is 27.5. The van der Waals surface area contributed by atoms with Gasteiger partial charge in [-0.05, 0) is 68.0 Å². The van der Waals surface area contributed by atoms with Crippen LogP contribution in [0.25, 0.3) is 10.4 Å². The van der Waals surface area contributed by atoms with Crippen LogP contribution in [0.5, 0.6) is 5.88 Å². The zero-order valence-corrected chi connectivity index (χ0v) is 22.1. The Morgan fingerprint density at radius 3 is 2.52 bits per heavy atom. The van der Waals surface area contributed by atoms with Gasteiger partial charge in [-0.15, -0.1) is 11.3 Å². The first-order valence-corrected chi connectivity index (χ1v) is 13.2. The zero-order chi connectivity index (χ0) is 28.5. The van der Waals surface area contributed by atoms with Gasteiger partial charge >= 0.3 is 6.18 Å². The number of carbonyl (C=O) groups is 1. The molecule has 1 amide bonds. The molecule has 208 valence electrons. The lowest BCUT2D eigenvalue weighted by Crippen LogP contribution is -2.35. The number of aromatic nitrogens is 4. The van der Waals surface area contributed by atoms with Crippen LogP contribution in [0, 0.1) is 12.8 Å². The van der Waals surface area contributed by atoms with Gasteiger partial charge in [0.25, 0.3) is 0 Å². The topological polar surface area (TPSA) is 133 Å². The number of nitrogens with one attached hydrogen (secondary N) is 2. The maximum Gasteiger partial charge on any atom is 0.433 e. The molecule has 1 aliphatic carbocycles. The summed E-state index contributed by atoms with van der Waals surface area (Å²) in [5.74, 6) is -0.754. The Bertz CT molecular complexity index is 1520. The van der Waals surface area contributed by atoms with Crippen molar-refractivity contribution in [1.29, 1.82) is 0 Å². The van der Waals surface area contributed by atoms with Crippen molar-refractivity contribution in [3.05, 3.63) is 71.3 Å². The number of rotatable bonds is 6. The Morgan fingerprint density at radius 2 is 1.82 bits per heavy atom. The first-order valence-electron chi connectivity index (χ1n) is 12.4. The normalized spacial score (nSPS) is 19.3. The second-order valence-corrected chi connectivity index (χ2v) is 10.7. The molecule has 0 spiro atoms. The highest BCUT2D eigenvalue weighted by Crippen LogP contribution is 2.43. The lowest BCUT2D eigenvalue weighted by atomic mass is 9.78. The smallest absolute Gasteiger partial charge is 0.433 e. The number of carbonyl (C=O) groups excluding carboxylic acids is 1. The SMILES string of the molecule is Cc1cc(Nc2nccc(C(F)(F)F)n2)cc(-c2cnc(C3(O)CCC(C(=O)Nc4ccc(O)nc4)CC3)s2)c1. The maximum absolute atomic E-state index is 13.0. The zero-order valence-electron chi connectivity index (χ0n) is 21.2. The van der Waals surface area contributed by atoms with Crippen LogP contribution in [0.15, 0.2) is 55.0 Å². The molecule has 1 fully saturated rings. The minimum absolute atomic E-state index is 0.133. The molecule has 0 unspecified atom stereocenters. The Hall–Kier alpha value is -4.10. The van der Waals surface area contributed by atoms with Crippen LogP contribution >= 0.6 is 11.3 Å². The predicted molar refractivity (Wildman–Crippen MR) is 143 cm³/mol. The Morgan fingerprint density at radius 1 is 1.05 bits per heavy atom. The second-order valence-electron chi connectivity index (χ2n) is 9.71. The number of hydrogen-bond acceptors (Lipinski definition) is 9. The number of aromatic hydroxyl groups is 1. The van der Waals surface area contributed by atoms with E-state index in [-0.39, 0.29) is 23.7 Å². The number of hydrogen-bond donors (Lipinski definition) is 4. The van der Waals surface area contributed by atoms with Crippen molar-refractivity contribution in [3.8, 4) is 16.3 Å². The summed E-state index contributed by atoms with van der Waals surface area (Å²) in [6.45, 7) is 1.86. The number of thiazole rings is 1. The maximum atomic E-state index is 13.0. The number of benzene rings is 1. The fourth-order valence-electron chi connectivity index (χ4n) is 4.60. The molecule has 0 aliphatic heterocycles. The molecule has 4 N–H and O–H groups in total. The van der Waals surface area contributed by atoms with E-state index in [0.29, 0.717) is 42.1 Å².